The highest BCUT2D eigenvalue weighted by atomic mass is 127. The standard InChI is InChI=1S/C22H30N4O3.HI/c1-5-29-20-9-7-6-8-18(20)15-24-22(25-16-21(27)26(2)3)23-14-17-10-12-19(28-4)13-11-17;/h6-13H,5,14-16H2,1-4H3,(H2,23,24,25);1H. The Labute approximate surface area is 195 Å². The van der Waals surface area contributed by atoms with Crippen LogP contribution < -0.4 is 20.1 Å². The van der Waals surface area contributed by atoms with Gasteiger partial charge in [-0.3, -0.25) is 4.79 Å². The van der Waals surface area contributed by atoms with E-state index in [4.69, 9.17) is 9.47 Å². The number of carbonyl (C=O) groups is 1. The summed E-state index contributed by atoms with van der Waals surface area (Å²) in [5, 5.41) is 6.38. The Morgan fingerprint density at radius 1 is 1.07 bits per heavy atom. The van der Waals surface area contributed by atoms with Crippen molar-refractivity contribution in [2.24, 2.45) is 4.99 Å². The molecular weight excluding hydrogens is 495 g/mol. The van der Waals surface area contributed by atoms with Gasteiger partial charge in [0, 0.05) is 26.2 Å². The lowest BCUT2D eigenvalue weighted by molar-refractivity contribution is -0.127. The van der Waals surface area contributed by atoms with E-state index in [1.165, 1.54) is 0 Å². The van der Waals surface area contributed by atoms with Crippen molar-refractivity contribution in [2.45, 2.75) is 20.0 Å². The van der Waals surface area contributed by atoms with E-state index >= 15 is 0 Å². The zero-order valence-corrected chi connectivity index (χ0v) is 20.3. The number of rotatable bonds is 9. The number of benzene rings is 2. The Hall–Kier alpha value is -2.49. The van der Waals surface area contributed by atoms with Gasteiger partial charge in [-0.15, -0.1) is 24.0 Å². The number of likely N-dealkylation sites (N-methyl/N-ethyl adjacent to an activating group) is 1. The van der Waals surface area contributed by atoms with Crippen LogP contribution in [0.25, 0.3) is 0 Å². The molecule has 0 aliphatic rings. The van der Waals surface area contributed by atoms with Gasteiger partial charge in [-0.25, -0.2) is 4.99 Å². The molecule has 0 fully saturated rings. The second-order valence-corrected chi connectivity index (χ2v) is 6.55. The molecule has 0 aliphatic heterocycles. The molecule has 164 valence electrons. The molecule has 0 heterocycles. The molecule has 0 saturated carbocycles. The average molecular weight is 526 g/mol. The zero-order chi connectivity index (χ0) is 21.1. The summed E-state index contributed by atoms with van der Waals surface area (Å²) in [6, 6.07) is 15.6. The van der Waals surface area contributed by atoms with Crippen molar-refractivity contribution >= 4 is 35.8 Å². The molecule has 0 unspecified atom stereocenters. The number of nitrogens with zero attached hydrogens (tertiary/aromatic N) is 2. The third-order valence-corrected chi connectivity index (χ3v) is 4.20. The number of guanidine groups is 1. The summed E-state index contributed by atoms with van der Waals surface area (Å²) in [6.45, 7) is 3.73. The number of nitrogens with one attached hydrogen (secondary N) is 2. The fourth-order valence-corrected chi connectivity index (χ4v) is 2.52. The maximum absolute atomic E-state index is 12.0. The van der Waals surface area contributed by atoms with Gasteiger partial charge in [-0.2, -0.15) is 0 Å². The number of para-hydroxylation sites is 1. The van der Waals surface area contributed by atoms with Gasteiger partial charge in [0.2, 0.25) is 5.91 Å². The van der Waals surface area contributed by atoms with E-state index in [0.29, 0.717) is 25.7 Å². The summed E-state index contributed by atoms with van der Waals surface area (Å²) in [5.74, 6) is 2.17. The number of hydrogen-bond acceptors (Lipinski definition) is 4. The monoisotopic (exact) mass is 526 g/mol. The molecule has 8 heteroatoms. The van der Waals surface area contributed by atoms with E-state index in [0.717, 1.165) is 22.6 Å². The van der Waals surface area contributed by atoms with Crippen molar-refractivity contribution in [1.29, 1.82) is 0 Å². The normalized spacial score (nSPS) is 10.6. The average Bonchev–Trinajstić information content (AvgIpc) is 2.74. The van der Waals surface area contributed by atoms with E-state index in [1.807, 2.05) is 55.5 Å². The Kier molecular flexibility index (Phi) is 11.7. The van der Waals surface area contributed by atoms with Crippen LogP contribution in [0.5, 0.6) is 11.5 Å². The summed E-state index contributed by atoms with van der Waals surface area (Å²) in [4.78, 5) is 18.1. The van der Waals surface area contributed by atoms with Crippen LogP contribution in [0.3, 0.4) is 0 Å². The van der Waals surface area contributed by atoms with Crippen LogP contribution >= 0.6 is 24.0 Å². The van der Waals surface area contributed by atoms with Crippen molar-refractivity contribution < 1.29 is 14.3 Å². The number of amides is 1. The maximum atomic E-state index is 12.0. The number of ether oxygens (including phenoxy) is 2. The molecule has 7 nitrogen and oxygen atoms in total. The first-order valence-electron chi connectivity index (χ1n) is 9.59. The van der Waals surface area contributed by atoms with Crippen molar-refractivity contribution in [3.63, 3.8) is 0 Å². The molecule has 2 aromatic rings. The second kappa shape index (κ2) is 13.7. The molecule has 1 amide bonds. The molecule has 30 heavy (non-hydrogen) atoms. The SMILES string of the molecule is CCOc1ccccc1CNC(=NCc1ccc(OC)cc1)NCC(=O)N(C)C.I. The van der Waals surface area contributed by atoms with Crippen molar-refractivity contribution in [3.8, 4) is 11.5 Å². The largest absolute Gasteiger partial charge is 0.497 e. The Morgan fingerprint density at radius 2 is 1.77 bits per heavy atom. The number of hydrogen-bond donors (Lipinski definition) is 2. The van der Waals surface area contributed by atoms with Gasteiger partial charge in [0.25, 0.3) is 0 Å². The lowest BCUT2D eigenvalue weighted by Gasteiger charge is -2.16. The third kappa shape index (κ3) is 8.48. The van der Waals surface area contributed by atoms with E-state index in [-0.39, 0.29) is 36.4 Å². The highest BCUT2D eigenvalue weighted by Gasteiger charge is 2.08. The van der Waals surface area contributed by atoms with Gasteiger partial charge < -0.3 is 25.0 Å². The molecule has 0 bridgehead atoms. The molecular formula is C22H31IN4O3. The minimum Gasteiger partial charge on any atom is -0.497 e. The first-order valence-corrected chi connectivity index (χ1v) is 9.59. The summed E-state index contributed by atoms with van der Waals surface area (Å²) in [5.41, 5.74) is 2.06. The predicted molar refractivity (Wildman–Crippen MR) is 131 cm³/mol. The first kappa shape index (κ1) is 25.5. The van der Waals surface area contributed by atoms with Gasteiger partial charge in [-0.1, -0.05) is 30.3 Å². The fraction of sp³-hybridized carbons (Fsp3) is 0.364. The van der Waals surface area contributed by atoms with Gasteiger partial charge >= 0.3 is 0 Å². The fourth-order valence-electron chi connectivity index (χ4n) is 2.52. The predicted octanol–water partition coefficient (Wildman–Crippen LogP) is 3.04. The maximum Gasteiger partial charge on any atom is 0.241 e. The number of carbonyl (C=O) groups excluding carboxylic acids is 1. The van der Waals surface area contributed by atoms with E-state index in [2.05, 4.69) is 15.6 Å². The first-order chi connectivity index (χ1) is 14.0. The second-order valence-electron chi connectivity index (χ2n) is 6.55. The lowest BCUT2D eigenvalue weighted by atomic mass is 10.2. The quantitative estimate of drug-likeness (QED) is 0.299. The Bertz CT molecular complexity index is 810. The molecule has 0 aromatic heterocycles. The van der Waals surface area contributed by atoms with Gasteiger partial charge in [-0.05, 0) is 30.7 Å². The van der Waals surface area contributed by atoms with Crippen LogP contribution in [0.1, 0.15) is 18.1 Å². The third-order valence-electron chi connectivity index (χ3n) is 4.20. The van der Waals surface area contributed by atoms with Crippen LogP contribution in [0.15, 0.2) is 53.5 Å². The number of aliphatic imine (C=N–C) groups is 1. The highest BCUT2D eigenvalue weighted by Crippen LogP contribution is 2.17. The summed E-state index contributed by atoms with van der Waals surface area (Å²) in [6.07, 6.45) is 0. The van der Waals surface area contributed by atoms with Crippen molar-refractivity contribution in [1.82, 2.24) is 15.5 Å². The van der Waals surface area contributed by atoms with Crippen LogP contribution in [0.4, 0.5) is 0 Å². The molecule has 0 atom stereocenters. The van der Waals surface area contributed by atoms with Crippen LogP contribution in [-0.2, 0) is 17.9 Å². The molecule has 2 aromatic carbocycles. The van der Waals surface area contributed by atoms with Crippen LogP contribution in [0, 0.1) is 0 Å². The minimum atomic E-state index is -0.0290. The van der Waals surface area contributed by atoms with E-state index in [9.17, 15) is 4.79 Å². The van der Waals surface area contributed by atoms with Gasteiger partial charge in [0.1, 0.15) is 11.5 Å². The van der Waals surface area contributed by atoms with Crippen LogP contribution in [0.2, 0.25) is 0 Å². The summed E-state index contributed by atoms with van der Waals surface area (Å²) < 4.78 is 10.9. The summed E-state index contributed by atoms with van der Waals surface area (Å²) in [7, 11) is 5.09. The molecule has 0 aliphatic carbocycles. The smallest absolute Gasteiger partial charge is 0.241 e. The Balaban J connectivity index is 0.00000450. The lowest BCUT2D eigenvalue weighted by Crippen LogP contribution is -2.42. The zero-order valence-electron chi connectivity index (χ0n) is 18.0. The number of halogens is 1. The van der Waals surface area contributed by atoms with E-state index < -0.39 is 0 Å². The van der Waals surface area contributed by atoms with Crippen molar-refractivity contribution in [3.05, 3.63) is 59.7 Å². The molecule has 0 spiro atoms. The van der Waals surface area contributed by atoms with Crippen molar-refractivity contribution in [2.75, 3.05) is 34.4 Å². The number of methoxy groups -OCH3 is 1. The molecule has 2 N–H and O–H groups in total. The van der Waals surface area contributed by atoms with Crippen LogP contribution in [-0.4, -0.2) is 51.1 Å². The molecule has 0 saturated heterocycles. The highest BCUT2D eigenvalue weighted by molar-refractivity contribution is 14.0. The van der Waals surface area contributed by atoms with Gasteiger partial charge in [0.05, 0.1) is 26.8 Å². The van der Waals surface area contributed by atoms with Gasteiger partial charge in [0.15, 0.2) is 5.96 Å². The summed E-state index contributed by atoms with van der Waals surface area (Å²) >= 11 is 0. The topological polar surface area (TPSA) is 75.2 Å². The van der Waals surface area contributed by atoms with E-state index in [1.54, 1.807) is 26.1 Å². The molecule has 0 radical (unpaired) electrons. The Morgan fingerprint density at radius 3 is 2.40 bits per heavy atom. The molecule has 2 rings (SSSR count). The minimum absolute atomic E-state index is 0.